The zero-order valence-corrected chi connectivity index (χ0v) is 15.3. The lowest BCUT2D eigenvalue weighted by atomic mass is 10.0. The summed E-state index contributed by atoms with van der Waals surface area (Å²) in [6.07, 6.45) is -0.532. The number of ether oxygens (including phenoxy) is 2. The normalized spacial score (nSPS) is 13.3. The van der Waals surface area contributed by atoms with Crippen LogP contribution < -0.4 is 9.47 Å². The van der Waals surface area contributed by atoms with Crippen molar-refractivity contribution < 1.29 is 19.7 Å². The van der Waals surface area contributed by atoms with E-state index in [1.54, 1.807) is 0 Å². The molecule has 4 nitrogen and oxygen atoms in total. The van der Waals surface area contributed by atoms with Crippen molar-refractivity contribution >= 4 is 23.2 Å². The first kappa shape index (κ1) is 19.9. The second-order valence-corrected chi connectivity index (χ2v) is 6.32. The molecule has 6 heteroatoms. The molecule has 0 amide bonds. The molecule has 2 atom stereocenters. The van der Waals surface area contributed by atoms with Crippen LogP contribution in [0.2, 0.25) is 0 Å². The number of hydrogen-bond donors (Lipinski definition) is 2. The monoisotopic (exact) mass is 384 g/mol. The van der Waals surface area contributed by atoms with Crippen molar-refractivity contribution in [2.75, 3.05) is 25.0 Å². The van der Waals surface area contributed by atoms with Gasteiger partial charge < -0.3 is 19.7 Å². The Morgan fingerprint density at radius 2 is 1.04 bits per heavy atom. The quantitative estimate of drug-likeness (QED) is 0.617. The smallest absolute Gasteiger partial charge is 0.119 e. The topological polar surface area (TPSA) is 58.9 Å². The van der Waals surface area contributed by atoms with Crippen LogP contribution in [-0.2, 0) is 6.42 Å². The lowest BCUT2D eigenvalue weighted by molar-refractivity contribution is 0.125. The van der Waals surface area contributed by atoms with Crippen molar-refractivity contribution in [2.24, 2.45) is 0 Å². The third kappa shape index (κ3) is 7.12. The molecular formula is C19H22Cl2O4. The Kier molecular flexibility index (Phi) is 8.35. The first-order valence-corrected chi connectivity index (χ1v) is 9.09. The van der Waals surface area contributed by atoms with Gasteiger partial charge in [-0.15, -0.1) is 23.2 Å². The predicted octanol–water partition coefficient (Wildman–Crippen LogP) is 3.23. The van der Waals surface area contributed by atoms with E-state index in [4.69, 9.17) is 32.7 Å². The second-order valence-electron chi connectivity index (χ2n) is 5.70. The van der Waals surface area contributed by atoms with Gasteiger partial charge in [-0.25, -0.2) is 0 Å². The molecule has 0 radical (unpaired) electrons. The van der Waals surface area contributed by atoms with Crippen LogP contribution in [0, 0.1) is 0 Å². The highest BCUT2D eigenvalue weighted by Crippen LogP contribution is 2.18. The van der Waals surface area contributed by atoms with E-state index >= 15 is 0 Å². The molecule has 0 aromatic heterocycles. The number of benzene rings is 2. The van der Waals surface area contributed by atoms with Crippen LogP contribution in [0.5, 0.6) is 11.5 Å². The number of halogens is 2. The Labute approximate surface area is 157 Å². The largest absolute Gasteiger partial charge is 0.491 e. The fourth-order valence-electron chi connectivity index (χ4n) is 2.12. The molecule has 0 saturated heterocycles. The average molecular weight is 385 g/mol. The highest BCUT2D eigenvalue weighted by Gasteiger charge is 2.05. The Morgan fingerprint density at radius 1 is 0.680 bits per heavy atom. The van der Waals surface area contributed by atoms with Crippen molar-refractivity contribution in [3.05, 3.63) is 59.7 Å². The molecule has 0 unspecified atom stereocenters. The van der Waals surface area contributed by atoms with E-state index in [0.717, 1.165) is 17.5 Å². The van der Waals surface area contributed by atoms with Gasteiger partial charge in [0.15, 0.2) is 0 Å². The predicted molar refractivity (Wildman–Crippen MR) is 100 cm³/mol. The summed E-state index contributed by atoms with van der Waals surface area (Å²) in [6.45, 7) is 0.367. The van der Waals surface area contributed by atoms with Gasteiger partial charge in [-0.1, -0.05) is 24.3 Å². The summed E-state index contributed by atoms with van der Waals surface area (Å²) in [4.78, 5) is 0. The van der Waals surface area contributed by atoms with Crippen LogP contribution >= 0.6 is 23.2 Å². The summed E-state index contributed by atoms with van der Waals surface area (Å²) >= 11 is 11.1. The molecular weight excluding hydrogens is 363 g/mol. The van der Waals surface area contributed by atoms with Crippen LogP contribution in [-0.4, -0.2) is 47.4 Å². The molecule has 0 heterocycles. The number of aliphatic hydroxyl groups is 2. The van der Waals surface area contributed by atoms with E-state index in [1.165, 1.54) is 0 Å². The summed E-state index contributed by atoms with van der Waals surface area (Å²) in [7, 11) is 0. The molecule has 0 aliphatic carbocycles. The van der Waals surface area contributed by atoms with Crippen molar-refractivity contribution in [3.8, 4) is 11.5 Å². The number of rotatable bonds is 10. The molecule has 2 N–H and O–H groups in total. The van der Waals surface area contributed by atoms with Gasteiger partial charge >= 0.3 is 0 Å². The molecule has 136 valence electrons. The maximum atomic E-state index is 9.39. The van der Waals surface area contributed by atoms with Gasteiger partial charge in [0.05, 0.1) is 11.8 Å². The van der Waals surface area contributed by atoms with Crippen LogP contribution in [0.15, 0.2) is 48.5 Å². The third-order valence-electron chi connectivity index (χ3n) is 3.50. The highest BCUT2D eigenvalue weighted by molar-refractivity contribution is 6.18. The van der Waals surface area contributed by atoms with Crippen LogP contribution in [0.25, 0.3) is 0 Å². The van der Waals surface area contributed by atoms with Crippen LogP contribution in [0.3, 0.4) is 0 Å². The lowest BCUT2D eigenvalue weighted by Gasteiger charge is -2.11. The van der Waals surface area contributed by atoms with E-state index in [1.807, 2.05) is 48.5 Å². The molecule has 25 heavy (non-hydrogen) atoms. The van der Waals surface area contributed by atoms with E-state index in [2.05, 4.69) is 0 Å². The van der Waals surface area contributed by atoms with E-state index in [0.29, 0.717) is 11.5 Å². The van der Waals surface area contributed by atoms with Crippen molar-refractivity contribution in [3.63, 3.8) is 0 Å². The maximum Gasteiger partial charge on any atom is 0.119 e. The van der Waals surface area contributed by atoms with Gasteiger partial charge in [-0.05, 0) is 41.8 Å². The Bertz CT molecular complexity index is 561. The van der Waals surface area contributed by atoms with E-state index < -0.39 is 12.2 Å². The maximum absolute atomic E-state index is 9.39. The highest BCUT2D eigenvalue weighted by atomic mass is 35.5. The van der Waals surface area contributed by atoms with E-state index in [-0.39, 0.29) is 25.0 Å². The zero-order valence-electron chi connectivity index (χ0n) is 13.8. The van der Waals surface area contributed by atoms with Crippen LogP contribution in [0.1, 0.15) is 11.1 Å². The minimum absolute atomic E-state index is 0.155. The van der Waals surface area contributed by atoms with Gasteiger partial charge in [0, 0.05) is 0 Å². The van der Waals surface area contributed by atoms with Gasteiger partial charge in [0.25, 0.3) is 0 Å². The molecule has 2 aromatic rings. The zero-order chi connectivity index (χ0) is 18.1. The molecule has 2 rings (SSSR count). The molecule has 0 aliphatic heterocycles. The Balaban J connectivity index is 1.85. The summed E-state index contributed by atoms with van der Waals surface area (Å²) in [5.74, 6) is 1.72. The lowest BCUT2D eigenvalue weighted by Crippen LogP contribution is -2.18. The summed E-state index contributed by atoms with van der Waals surface area (Å²) < 4.78 is 10.9. The van der Waals surface area contributed by atoms with Gasteiger partial charge in [-0.3, -0.25) is 0 Å². The van der Waals surface area contributed by atoms with Crippen molar-refractivity contribution in [1.82, 2.24) is 0 Å². The van der Waals surface area contributed by atoms with Crippen molar-refractivity contribution in [1.29, 1.82) is 0 Å². The summed E-state index contributed by atoms with van der Waals surface area (Å²) in [5.41, 5.74) is 2.30. The van der Waals surface area contributed by atoms with Gasteiger partial charge in [0.1, 0.15) is 36.9 Å². The minimum atomic E-state index is -0.660. The average Bonchev–Trinajstić information content (AvgIpc) is 2.66. The first-order valence-electron chi connectivity index (χ1n) is 8.02. The number of aliphatic hydroxyl groups excluding tert-OH is 2. The van der Waals surface area contributed by atoms with Gasteiger partial charge in [-0.2, -0.15) is 0 Å². The molecule has 0 fully saturated rings. The Hall–Kier alpha value is -1.46. The minimum Gasteiger partial charge on any atom is -0.491 e. The SMILES string of the molecule is O[C@H](CCl)COc1ccc(Cc2ccc(OC[C@@H](O)CCl)cc2)cc1. The van der Waals surface area contributed by atoms with E-state index in [9.17, 15) is 10.2 Å². The number of hydrogen-bond acceptors (Lipinski definition) is 4. The molecule has 0 bridgehead atoms. The third-order valence-corrected chi connectivity index (χ3v) is 4.21. The fourth-order valence-corrected chi connectivity index (χ4v) is 2.29. The van der Waals surface area contributed by atoms with Crippen molar-refractivity contribution in [2.45, 2.75) is 18.6 Å². The second kappa shape index (κ2) is 10.5. The molecule has 0 saturated carbocycles. The summed E-state index contributed by atoms with van der Waals surface area (Å²) in [5, 5.41) is 18.8. The standard InChI is InChI=1S/C19H22Cl2O4/c20-10-16(22)12-24-18-5-1-14(2-6-18)9-15-3-7-19(8-4-15)25-13-17(23)11-21/h1-8,16-17,22-23H,9-13H2/t16-,17+. The molecule has 0 spiro atoms. The summed E-state index contributed by atoms with van der Waals surface area (Å²) in [6, 6.07) is 15.5. The Morgan fingerprint density at radius 3 is 1.36 bits per heavy atom. The van der Waals surface area contributed by atoms with Gasteiger partial charge in [0.2, 0.25) is 0 Å². The molecule has 2 aromatic carbocycles. The van der Waals surface area contributed by atoms with Crippen LogP contribution in [0.4, 0.5) is 0 Å². The fraction of sp³-hybridized carbons (Fsp3) is 0.368. The molecule has 0 aliphatic rings. The first-order chi connectivity index (χ1) is 12.1. The number of alkyl halides is 2.